The summed E-state index contributed by atoms with van der Waals surface area (Å²) in [7, 11) is 0. The van der Waals surface area contributed by atoms with Crippen LogP contribution in [0.15, 0.2) is 55.0 Å². The van der Waals surface area contributed by atoms with Gasteiger partial charge in [0.05, 0.1) is 18.4 Å². The molecule has 4 aromatic rings. The lowest BCUT2D eigenvalue weighted by molar-refractivity contribution is 0.687. The van der Waals surface area contributed by atoms with Gasteiger partial charge in [-0.2, -0.15) is 5.10 Å². The van der Waals surface area contributed by atoms with E-state index in [1.54, 1.807) is 6.20 Å². The molecule has 0 aliphatic heterocycles. The van der Waals surface area contributed by atoms with Crippen molar-refractivity contribution in [3.8, 4) is 22.6 Å². The van der Waals surface area contributed by atoms with Crippen LogP contribution < -0.4 is 0 Å². The first-order valence-electron chi connectivity index (χ1n) is 8.35. The highest BCUT2D eigenvalue weighted by molar-refractivity contribution is 6.30. The van der Waals surface area contributed by atoms with Crippen LogP contribution in [0.3, 0.4) is 0 Å². The van der Waals surface area contributed by atoms with E-state index in [1.807, 2.05) is 67.3 Å². The van der Waals surface area contributed by atoms with Crippen LogP contribution in [0.2, 0.25) is 5.02 Å². The first-order valence-corrected chi connectivity index (χ1v) is 8.73. The number of halogens is 1. The molecule has 6 heteroatoms. The topological polar surface area (TPSA) is 59.4 Å². The van der Waals surface area contributed by atoms with Crippen molar-refractivity contribution in [2.75, 3.05) is 0 Å². The molecule has 0 radical (unpaired) electrons. The van der Waals surface area contributed by atoms with Gasteiger partial charge < -0.3 is 4.98 Å². The van der Waals surface area contributed by atoms with Gasteiger partial charge >= 0.3 is 0 Å². The molecule has 5 nitrogen and oxygen atoms in total. The second-order valence-corrected chi connectivity index (χ2v) is 6.72. The van der Waals surface area contributed by atoms with Crippen LogP contribution in [0.4, 0.5) is 0 Å². The number of rotatable bonds is 4. The number of pyridine rings is 1. The average molecular weight is 364 g/mol. The number of nitrogens with one attached hydrogen (secondary N) is 1. The molecule has 0 saturated heterocycles. The fourth-order valence-electron chi connectivity index (χ4n) is 2.78. The summed E-state index contributed by atoms with van der Waals surface area (Å²) < 4.78 is 1.92. The third-order valence-electron chi connectivity index (χ3n) is 4.36. The molecular formula is C20H18ClN5. The normalized spacial score (nSPS) is 11.0. The average Bonchev–Trinajstić information content (AvgIpc) is 3.24. The van der Waals surface area contributed by atoms with Crippen LogP contribution in [0, 0.1) is 13.8 Å². The van der Waals surface area contributed by atoms with E-state index in [2.05, 4.69) is 20.1 Å². The van der Waals surface area contributed by atoms with Crippen molar-refractivity contribution in [1.82, 2.24) is 24.7 Å². The van der Waals surface area contributed by atoms with Crippen molar-refractivity contribution < 1.29 is 0 Å². The fraction of sp³-hybridized carbons (Fsp3) is 0.150. The van der Waals surface area contributed by atoms with Gasteiger partial charge in [0.15, 0.2) is 5.82 Å². The zero-order chi connectivity index (χ0) is 18.1. The van der Waals surface area contributed by atoms with Crippen molar-refractivity contribution in [2.45, 2.75) is 20.4 Å². The Balaban J connectivity index is 1.59. The summed E-state index contributed by atoms with van der Waals surface area (Å²) in [6.45, 7) is 4.70. The molecule has 0 spiro atoms. The maximum atomic E-state index is 5.94. The number of nitrogens with zero attached hydrogens (tertiary/aromatic N) is 4. The molecule has 0 aliphatic rings. The van der Waals surface area contributed by atoms with Crippen molar-refractivity contribution >= 4 is 11.6 Å². The third-order valence-corrected chi connectivity index (χ3v) is 4.61. The second-order valence-electron chi connectivity index (χ2n) is 6.28. The van der Waals surface area contributed by atoms with Crippen LogP contribution in [0.5, 0.6) is 0 Å². The van der Waals surface area contributed by atoms with Gasteiger partial charge in [-0.25, -0.2) is 4.98 Å². The minimum absolute atomic E-state index is 0.700. The molecule has 0 aliphatic carbocycles. The van der Waals surface area contributed by atoms with E-state index in [0.29, 0.717) is 6.54 Å². The number of hydrogen-bond donors (Lipinski definition) is 1. The van der Waals surface area contributed by atoms with Crippen LogP contribution >= 0.6 is 11.6 Å². The highest BCUT2D eigenvalue weighted by Crippen LogP contribution is 2.23. The molecule has 0 amide bonds. The molecule has 0 saturated carbocycles. The summed E-state index contributed by atoms with van der Waals surface area (Å²) in [6.07, 6.45) is 5.70. The quantitative estimate of drug-likeness (QED) is 0.574. The molecule has 3 aromatic heterocycles. The Morgan fingerprint density at radius 3 is 2.62 bits per heavy atom. The van der Waals surface area contributed by atoms with Crippen LogP contribution in [0.25, 0.3) is 22.6 Å². The SMILES string of the molecule is Cc1nc(-c2cc(-c3cnn(Cc4ccc(Cl)cc4)c3)ccn2)[nH]c1C. The molecule has 26 heavy (non-hydrogen) atoms. The van der Waals surface area contributed by atoms with Crippen molar-refractivity contribution in [2.24, 2.45) is 0 Å². The smallest absolute Gasteiger partial charge is 0.156 e. The molecule has 4 rings (SSSR count). The minimum atomic E-state index is 0.700. The Labute approximate surface area is 156 Å². The third kappa shape index (κ3) is 3.39. The van der Waals surface area contributed by atoms with E-state index in [0.717, 1.165) is 44.6 Å². The van der Waals surface area contributed by atoms with Gasteiger partial charge in [-0.15, -0.1) is 0 Å². The largest absolute Gasteiger partial charge is 0.341 e. The molecular weight excluding hydrogens is 346 g/mol. The minimum Gasteiger partial charge on any atom is -0.341 e. The zero-order valence-corrected chi connectivity index (χ0v) is 15.3. The lowest BCUT2D eigenvalue weighted by atomic mass is 10.1. The van der Waals surface area contributed by atoms with E-state index in [1.165, 1.54) is 0 Å². The molecule has 3 heterocycles. The molecule has 1 aromatic carbocycles. The first-order chi connectivity index (χ1) is 12.6. The van der Waals surface area contributed by atoms with Gasteiger partial charge in [-0.1, -0.05) is 23.7 Å². The van der Waals surface area contributed by atoms with Crippen LogP contribution in [-0.2, 0) is 6.54 Å². The monoisotopic (exact) mass is 363 g/mol. The van der Waals surface area contributed by atoms with E-state index in [9.17, 15) is 0 Å². The van der Waals surface area contributed by atoms with E-state index < -0.39 is 0 Å². The maximum absolute atomic E-state index is 5.94. The summed E-state index contributed by atoms with van der Waals surface area (Å²) >= 11 is 5.94. The van der Waals surface area contributed by atoms with Crippen molar-refractivity contribution in [1.29, 1.82) is 0 Å². The maximum Gasteiger partial charge on any atom is 0.156 e. The van der Waals surface area contributed by atoms with Gasteiger partial charge in [0, 0.05) is 28.7 Å². The number of aromatic amines is 1. The summed E-state index contributed by atoms with van der Waals surface area (Å²) in [5.41, 5.74) is 6.13. The van der Waals surface area contributed by atoms with Crippen LogP contribution in [-0.4, -0.2) is 24.7 Å². The predicted molar refractivity (Wildman–Crippen MR) is 103 cm³/mol. The Hall–Kier alpha value is -2.92. The number of imidazole rings is 1. The van der Waals surface area contributed by atoms with Crippen molar-refractivity contribution in [3.63, 3.8) is 0 Å². The highest BCUT2D eigenvalue weighted by atomic mass is 35.5. The zero-order valence-electron chi connectivity index (χ0n) is 14.6. The lowest BCUT2D eigenvalue weighted by Crippen LogP contribution is -1.99. The van der Waals surface area contributed by atoms with E-state index in [-0.39, 0.29) is 0 Å². The molecule has 1 N–H and O–H groups in total. The molecule has 0 bridgehead atoms. The summed E-state index contributed by atoms with van der Waals surface area (Å²) in [4.78, 5) is 12.2. The molecule has 0 atom stereocenters. The number of hydrogen-bond acceptors (Lipinski definition) is 3. The van der Waals surface area contributed by atoms with Gasteiger partial charge in [0.25, 0.3) is 0 Å². The number of H-pyrrole nitrogens is 1. The first kappa shape index (κ1) is 16.5. The predicted octanol–water partition coefficient (Wildman–Crippen LogP) is 4.65. The Bertz CT molecular complexity index is 1030. The van der Waals surface area contributed by atoms with Crippen molar-refractivity contribution in [3.05, 3.63) is 77.0 Å². The summed E-state index contributed by atoms with van der Waals surface area (Å²) in [5, 5.41) is 5.21. The standard InChI is InChI=1S/C20H18ClN5/c1-13-14(2)25-20(24-13)19-9-16(7-8-22-19)17-10-23-26(12-17)11-15-3-5-18(21)6-4-15/h3-10,12H,11H2,1-2H3,(H,24,25). The highest BCUT2D eigenvalue weighted by Gasteiger charge is 2.09. The van der Waals surface area contributed by atoms with Crippen LogP contribution in [0.1, 0.15) is 17.0 Å². The number of aromatic nitrogens is 5. The number of benzene rings is 1. The molecule has 130 valence electrons. The second kappa shape index (κ2) is 6.77. The summed E-state index contributed by atoms with van der Waals surface area (Å²) in [6, 6.07) is 11.8. The lowest BCUT2D eigenvalue weighted by Gasteiger charge is -2.02. The number of aryl methyl sites for hydroxylation is 2. The van der Waals surface area contributed by atoms with Gasteiger partial charge in [-0.3, -0.25) is 9.67 Å². The Morgan fingerprint density at radius 2 is 1.88 bits per heavy atom. The van der Waals surface area contributed by atoms with E-state index >= 15 is 0 Å². The van der Waals surface area contributed by atoms with Gasteiger partial charge in [-0.05, 0) is 49.2 Å². The Kier molecular flexibility index (Phi) is 4.31. The summed E-state index contributed by atoms with van der Waals surface area (Å²) in [5.74, 6) is 0.787. The fourth-order valence-corrected chi connectivity index (χ4v) is 2.91. The van der Waals surface area contributed by atoms with Gasteiger partial charge in [0.1, 0.15) is 5.69 Å². The molecule has 0 fully saturated rings. The van der Waals surface area contributed by atoms with Gasteiger partial charge in [0.2, 0.25) is 0 Å². The Morgan fingerprint density at radius 1 is 1.08 bits per heavy atom. The molecule has 0 unspecified atom stereocenters. The van der Waals surface area contributed by atoms with E-state index in [4.69, 9.17) is 11.6 Å².